The number of halogens is 2. The monoisotopic (exact) mass is 761 g/mol. The van der Waals surface area contributed by atoms with Gasteiger partial charge < -0.3 is 9.64 Å². The second-order valence-corrected chi connectivity index (χ2v) is 18.2. The number of hydrogen-bond donors (Lipinski definition) is 1. The summed E-state index contributed by atoms with van der Waals surface area (Å²) < 4.78 is 59.6. The van der Waals surface area contributed by atoms with Crippen LogP contribution < -0.4 is 10.1 Å². The van der Waals surface area contributed by atoms with E-state index in [9.17, 15) is 16.8 Å². The molecule has 0 radical (unpaired) electrons. The Morgan fingerprint density at radius 3 is 2.18 bits per heavy atom. The summed E-state index contributed by atoms with van der Waals surface area (Å²) >= 11 is 12.7. The fourth-order valence-electron chi connectivity index (χ4n) is 7.13. The third-order valence-corrected chi connectivity index (χ3v) is 13.0. The minimum absolute atomic E-state index is 0.125. The molecule has 0 spiro atoms. The summed E-state index contributed by atoms with van der Waals surface area (Å²) in [7, 11) is -6.84. The van der Waals surface area contributed by atoms with Gasteiger partial charge in [-0.1, -0.05) is 53.9 Å². The van der Waals surface area contributed by atoms with Crippen LogP contribution in [0.25, 0.3) is 0 Å². The molecule has 1 N–H and O–H groups in total. The highest BCUT2D eigenvalue weighted by atomic mass is 35.5. The van der Waals surface area contributed by atoms with Gasteiger partial charge in [-0.15, -0.1) is 0 Å². The first-order valence-electron chi connectivity index (χ1n) is 17.2. The largest absolute Gasteiger partial charge is 0.493 e. The van der Waals surface area contributed by atoms with E-state index in [1.165, 1.54) is 6.26 Å². The molecule has 0 bridgehead atoms. The van der Waals surface area contributed by atoms with Crippen LogP contribution >= 0.6 is 23.2 Å². The molecule has 0 saturated carbocycles. The molecule has 3 aromatic carbocycles. The van der Waals surface area contributed by atoms with E-state index in [-0.39, 0.29) is 28.9 Å². The number of nitrogens with one attached hydrogen (secondary N) is 1. The molecule has 1 unspecified atom stereocenters. The molecule has 2 saturated heterocycles. The van der Waals surface area contributed by atoms with Crippen LogP contribution in [0.1, 0.15) is 61.4 Å². The van der Waals surface area contributed by atoms with Gasteiger partial charge in [0.15, 0.2) is 0 Å². The van der Waals surface area contributed by atoms with Gasteiger partial charge in [0.2, 0.25) is 10.0 Å². The molecule has 3 aliphatic heterocycles. The molecule has 10 nitrogen and oxygen atoms in total. The first kappa shape index (κ1) is 37.1. The van der Waals surface area contributed by atoms with Crippen LogP contribution in [-0.4, -0.2) is 101 Å². The van der Waals surface area contributed by atoms with Gasteiger partial charge in [0.25, 0.3) is 0 Å². The van der Waals surface area contributed by atoms with Crippen LogP contribution in [-0.2, 0) is 19.9 Å². The Balaban J connectivity index is 1.49. The number of hydrogen-bond acceptors (Lipinski definition) is 9. The van der Waals surface area contributed by atoms with E-state index in [0.29, 0.717) is 72.9 Å². The summed E-state index contributed by atoms with van der Waals surface area (Å²) in [5, 5.41) is 4.94. The molecular formula is C36H45Cl2N5O5S2. The van der Waals surface area contributed by atoms with E-state index in [1.807, 2.05) is 55.5 Å². The van der Waals surface area contributed by atoms with Crippen molar-refractivity contribution in [2.24, 2.45) is 4.99 Å². The average Bonchev–Trinajstić information content (AvgIpc) is 3.49. The number of nitrogens with zero attached hydrogens (tertiary/aromatic N) is 4. The standard InChI is InChI=1S/C36H45Cl2N5O5S2/c1-3-48-32-17-16-30(50(46,47)42-20-5-4-6-21-42)24-31(32)36-40-34(26-8-12-28(37)13-9-26)35(27-10-14-29(38)15-11-27)43(36)33-25-41(22-18-39-33)19-7-23-49(2,44)45/h8-17,24,33-35,39H,3-7,18-23,25H2,1-2H3/t33?,34-,35+/m0/s1. The molecule has 50 heavy (non-hydrogen) atoms. The van der Waals surface area contributed by atoms with Gasteiger partial charge >= 0.3 is 0 Å². The summed E-state index contributed by atoms with van der Waals surface area (Å²) in [6, 6.07) is 19.8. The van der Waals surface area contributed by atoms with Crippen molar-refractivity contribution in [3.63, 3.8) is 0 Å². The Bertz CT molecular complexity index is 1890. The van der Waals surface area contributed by atoms with E-state index >= 15 is 0 Å². The lowest BCUT2D eigenvalue weighted by atomic mass is 9.93. The van der Waals surface area contributed by atoms with Gasteiger partial charge in [0.05, 0.1) is 35.0 Å². The molecule has 0 amide bonds. The van der Waals surface area contributed by atoms with E-state index in [4.69, 9.17) is 32.9 Å². The van der Waals surface area contributed by atoms with Crippen molar-refractivity contribution < 1.29 is 21.6 Å². The third kappa shape index (κ3) is 8.49. The number of rotatable bonds is 12. The molecule has 6 rings (SSSR count). The number of aliphatic imine (C=N–C) groups is 1. The molecule has 3 aliphatic rings. The van der Waals surface area contributed by atoms with Gasteiger partial charge in [0.1, 0.15) is 27.5 Å². The highest BCUT2D eigenvalue weighted by Crippen LogP contribution is 2.46. The molecule has 3 heterocycles. The molecular weight excluding hydrogens is 717 g/mol. The predicted molar refractivity (Wildman–Crippen MR) is 200 cm³/mol. The lowest BCUT2D eigenvalue weighted by Gasteiger charge is -2.43. The maximum atomic E-state index is 14.0. The van der Waals surface area contributed by atoms with Crippen LogP contribution in [0.3, 0.4) is 0 Å². The maximum Gasteiger partial charge on any atom is 0.243 e. The molecule has 0 aliphatic carbocycles. The van der Waals surface area contributed by atoms with Crippen molar-refractivity contribution in [2.45, 2.75) is 55.8 Å². The van der Waals surface area contributed by atoms with Crippen molar-refractivity contribution in [3.05, 3.63) is 93.5 Å². The molecule has 3 atom stereocenters. The zero-order chi connectivity index (χ0) is 35.5. The number of ether oxygens (including phenoxy) is 1. The van der Waals surface area contributed by atoms with Crippen molar-refractivity contribution in [3.8, 4) is 5.75 Å². The third-order valence-electron chi connectivity index (χ3n) is 9.54. The summed E-state index contributed by atoms with van der Waals surface area (Å²) in [6.45, 7) is 5.94. The van der Waals surface area contributed by atoms with Crippen LogP contribution in [0, 0.1) is 0 Å². The predicted octanol–water partition coefficient (Wildman–Crippen LogP) is 5.78. The summed E-state index contributed by atoms with van der Waals surface area (Å²) in [5.41, 5.74) is 2.53. The molecule has 14 heteroatoms. The van der Waals surface area contributed by atoms with Gasteiger partial charge in [-0.3, -0.25) is 15.2 Å². The Morgan fingerprint density at radius 1 is 0.880 bits per heavy atom. The smallest absolute Gasteiger partial charge is 0.243 e. The summed E-state index contributed by atoms with van der Waals surface area (Å²) in [6.07, 6.45) is 4.24. The number of sulfone groups is 1. The number of sulfonamides is 1. The van der Waals surface area contributed by atoms with Crippen molar-refractivity contribution in [1.82, 2.24) is 19.4 Å². The topological polar surface area (TPSA) is 112 Å². The second kappa shape index (κ2) is 15.9. The summed E-state index contributed by atoms with van der Waals surface area (Å²) in [4.78, 5) is 10.2. The van der Waals surface area contributed by atoms with Crippen LogP contribution in [0.5, 0.6) is 5.75 Å². The SMILES string of the molecule is CCOc1ccc(S(=O)(=O)N2CCCCC2)cc1C1=N[C@@H](c2ccc(Cl)cc2)[C@@H](c2ccc(Cl)cc2)N1C1CN(CCCS(C)(=O)=O)CCN1. The minimum atomic E-state index is -3.76. The quantitative estimate of drug-likeness (QED) is 0.248. The molecule has 2 fully saturated rings. The van der Waals surface area contributed by atoms with E-state index in [2.05, 4.69) is 15.1 Å². The molecule has 270 valence electrons. The van der Waals surface area contributed by atoms with Crippen LogP contribution in [0.4, 0.5) is 0 Å². The number of benzene rings is 3. The number of piperazine rings is 1. The molecule has 3 aromatic rings. The zero-order valence-corrected chi connectivity index (χ0v) is 31.6. The Labute approximate surface area is 306 Å². The normalized spacial score (nSPS) is 22.4. The van der Waals surface area contributed by atoms with Gasteiger partial charge in [-0.25, -0.2) is 16.8 Å². The van der Waals surface area contributed by atoms with E-state index in [0.717, 1.165) is 36.9 Å². The van der Waals surface area contributed by atoms with Crippen LogP contribution in [0.15, 0.2) is 76.6 Å². The Kier molecular flexibility index (Phi) is 11.8. The van der Waals surface area contributed by atoms with Gasteiger partial charge in [0, 0.05) is 49.0 Å². The lowest BCUT2D eigenvalue weighted by molar-refractivity contribution is 0.106. The van der Waals surface area contributed by atoms with Crippen molar-refractivity contribution in [2.75, 3.05) is 57.9 Å². The van der Waals surface area contributed by atoms with Gasteiger partial charge in [-0.2, -0.15) is 4.31 Å². The first-order chi connectivity index (χ1) is 23.9. The van der Waals surface area contributed by atoms with Crippen LogP contribution in [0.2, 0.25) is 10.0 Å². The second-order valence-electron chi connectivity index (χ2n) is 13.2. The molecule has 0 aromatic heterocycles. The van der Waals surface area contributed by atoms with E-state index < -0.39 is 19.9 Å². The van der Waals surface area contributed by atoms with Crippen molar-refractivity contribution in [1.29, 1.82) is 0 Å². The fraction of sp³-hybridized carbons (Fsp3) is 0.472. The highest BCUT2D eigenvalue weighted by Gasteiger charge is 2.44. The van der Waals surface area contributed by atoms with E-state index in [1.54, 1.807) is 22.5 Å². The fourth-order valence-corrected chi connectivity index (χ4v) is 9.58. The summed E-state index contributed by atoms with van der Waals surface area (Å²) in [5.74, 6) is 1.28. The Morgan fingerprint density at radius 2 is 1.54 bits per heavy atom. The van der Waals surface area contributed by atoms with Gasteiger partial charge in [-0.05, 0) is 86.3 Å². The maximum absolute atomic E-state index is 14.0. The minimum Gasteiger partial charge on any atom is -0.493 e. The highest BCUT2D eigenvalue weighted by molar-refractivity contribution is 7.90. The average molecular weight is 763 g/mol. The van der Waals surface area contributed by atoms with Crippen molar-refractivity contribution >= 4 is 48.9 Å². The number of piperidine rings is 1. The zero-order valence-electron chi connectivity index (χ0n) is 28.5. The first-order valence-corrected chi connectivity index (χ1v) is 21.5. The Hall–Kier alpha value is -2.71. The number of amidine groups is 1. The lowest BCUT2D eigenvalue weighted by Crippen LogP contribution is -2.60.